The molecule has 0 spiro atoms. The molecule has 2 aromatic carbocycles. The van der Waals surface area contributed by atoms with E-state index in [-0.39, 0.29) is 0 Å². The van der Waals surface area contributed by atoms with Crippen LogP contribution >= 0.6 is 0 Å². The van der Waals surface area contributed by atoms with Gasteiger partial charge in [-0.1, -0.05) is 67.4 Å². The Morgan fingerprint density at radius 2 is 1.29 bits per heavy atom. The number of rotatable bonds is 6. The molecule has 1 unspecified atom stereocenters. The first kappa shape index (κ1) is 15.8. The lowest BCUT2D eigenvalue weighted by Crippen LogP contribution is -2.22. The maximum Gasteiger partial charge on any atom is 0.0297 e. The van der Waals surface area contributed by atoms with Crippen LogP contribution in [0.15, 0.2) is 48.5 Å². The number of aryl methyl sites for hydroxylation is 2. The van der Waals surface area contributed by atoms with Gasteiger partial charge in [-0.05, 0) is 43.9 Å². The highest BCUT2D eigenvalue weighted by Crippen LogP contribution is 2.20. The molecule has 21 heavy (non-hydrogen) atoms. The number of hydrogen-bond donors (Lipinski definition) is 1. The predicted molar refractivity (Wildman–Crippen MR) is 91.6 cm³/mol. The molecule has 0 saturated heterocycles. The van der Waals surface area contributed by atoms with Gasteiger partial charge in [-0.15, -0.1) is 0 Å². The molecule has 2 atom stereocenters. The van der Waals surface area contributed by atoms with Crippen LogP contribution in [0.2, 0.25) is 0 Å². The molecule has 1 N–H and O–H groups in total. The van der Waals surface area contributed by atoms with Crippen LogP contribution in [-0.2, 0) is 6.42 Å². The molecule has 2 aromatic rings. The first-order valence-electron chi connectivity index (χ1n) is 8.01. The van der Waals surface area contributed by atoms with Crippen molar-refractivity contribution in [3.8, 4) is 0 Å². The molecule has 0 bridgehead atoms. The molecule has 0 heterocycles. The summed E-state index contributed by atoms with van der Waals surface area (Å²) in [6.07, 6.45) is 2.37. The lowest BCUT2D eigenvalue weighted by molar-refractivity contribution is 0.494. The van der Waals surface area contributed by atoms with E-state index in [4.69, 9.17) is 0 Å². The van der Waals surface area contributed by atoms with Gasteiger partial charge < -0.3 is 5.32 Å². The van der Waals surface area contributed by atoms with E-state index in [1.165, 1.54) is 35.1 Å². The summed E-state index contributed by atoms with van der Waals surface area (Å²) in [4.78, 5) is 0. The molecule has 2 rings (SSSR count). The summed E-state index contributed by atoms with van der Waals surface area (Å²) < 4.78 is 0. The second kappa shape index (κ2) is 7.42. The van der Waals surface area contributed by atoms with E-state index in [1.807, 2.05) is 0 Å². The first-order chi connectivity index (χ1) is 10.1. The van der Waals surface area contributed by atoms with Crippen LogP contribution < -0.4 is 5.32 Å². The van der Waals surface area contributed by atoms with Crippen molar-refractivity contribution < 1.29 is 0 Å². The second-order valence-corrected chi connectivity index (χ2v) is 6.01. The summed E-state index contributed by atoms with van der Waals surface area (Å²) in [5.41, 5.74) is 5.44. The van der Waals surface area contributed by atoms with Gasteiger partial charge in [0.25, 0.3) is 0 Å². The van der Waals surface area contributed by atoms with Crippen LogP contribution in [0.4, 0.5) is 0 Å². The Bertz CT molecular complexity index is 539. The van der Waals surface area contributed by atoms with Crippen LogP contribution in [0.5, 0.6) is 0 Å². The minimum absolute atomic E-state index is 0.357. The molecule has 0 amide bonds. The Morgan fingerprint density at radius 1 is 0.810 bits per heavy atom. The summed E-state index contributed by atoms with van der Waals surface area (Å²) in [5, 5.41) is 3.68. The number of nitrogens with one attached hydrogen (secondary N) is 1. The zero-order chi connectivity index (χ0) is 15.2. The monoisotopic (exact) mass is 281 g/mol. The second-order valence-electron chi connectivity index (χ2n) is 6.01. The zero-order valence-corrected chi connectivity index (χ0v) is 13.7. The molecular formula is C20H27N. The van der Waals surface area contributed by atoms with Crippen molar-refractivity contribution in [3.63, 3.8) is 0 Å². The van der Waals surface area contributed by atoms with E-state index in [0.29, 0.717) is 12.1 Å². The Balaban J connectivity index is 1.99. The van der Waals surface area contributed by atoms with Gasteiger partial charge in [-0.25, -0.2) is 0 Å². The average molecular weight is 281 g/mol. The highest BCUT2D eigenvalue weighted by molar-refractivity contribution is 5.27. The molecule has 1 heteroatoms. The largest absolute Gasteiger partial charge is 0.304 e. The summed E-state index contributed by atoms with van der Waals surface area (Å²) >= 11 is 0. The van der Waals surface area contributed by atoms with E-state index < -0.39 is 0 Å². The molecule has 1 nitrogen and oxygen atoms in total. The van der Waals surface area contributed by atoms with Crippen molar-refractivity contribution in [1.29, 1.82) is 0 Å². The predicted octanol–water partition coefficient (Wildman–Crippen LogP) is 5.36. The minimum atomic E-state index is 0.357. The lowest BCUT2D eigenvalue weighted by atomic mass is 10.0. The van der Waals surface area contributed by atoms with Crippen molar-refractivity contribution in [2.45, 2.75) is 52.6 Å². The fourth-order valence-electron chi connectivity index (χ4n) is 2.68. The van der Waals surface area contributed by atoms with Crippen molar-refractivity contribution in [2.75, 3.05) is 0 Å². The normalized spacial score (nSPS) is 13.9. The maximum absolute atomic E-state index is 3.68. The smallest absolute Gasteiger partial charge is 0.0297 e. The van der Waals surface area contributed by atoms with E-state index in [2.05, 4.69) is 81.5 Å². The number of benzene rings is 2. The average Bonchev–Trinajstić information content (AvgIpc) is 2.49. The van der Waals surface area contributed by atoms with E-state index in [1.54, 1.807) is 0 Å². The first-order valence-corrected chi connectivity index (χ1v) is 8.01. The summed E-state index contributed by atoms with van der Waals surface area (Å²) in [6.45, 7) is 8.82. The fourth-order valence-corrected chi connectivity index (χ4v) is 2.68. The van der Waals surface area contributed by atoms with Crippen LogP contribution in [0, 0.1) is 6.92 Å². The Morgan fingerprint density at radius 3 is 1.76 bits per heavy atom. The highest BCUT2D eigenvalue weighted by Gasteiger charge is 2.11. The third kappa shape index (κ3) is 4.44. The van der Waals surface area contributed by atoms with Crippen LogP contribution in [-0.4, -0.2) is 0 Å². The Labute approximate surface area is 129 Å². The Kier molecular flexibility index (Phi) is 5.58. The molecule has 0 saturated carbocycles. The molecule has 0 fully saturated rings. The molecule has 112 valence electrons. The number of hydrogen-bond acceptors (Lipinski definition) is 1. The van der Waals surface area contributed by atoms with E-state index in [0.717, 1.165) is 0 Å². The SMILES string of the molecule is CCCc1ccc(C(C)N[C@H](C)c2ccc(C)cc2)cc1. The highest BCUT2D eigenvalue weighted by atomic mass is 14.9. The minimum Gasteiger partial charge on any atom is -0.304 e. The van der Waals surface area contributed by atoms with Gasteiger partial charge in [-0.2, -0.15) is 0 Å². The van der Waals surface area contributed by atoms with Gasteiger partial charge in [0.15, 0.2) is 0 Å². The van der Waals surface area contributed by atoms with Crippen molar-refractivity contribution in [3.05, 3.63) is 70.8 Å². The molecule has 0 aromatic heterocycles. The summed E-state index contributed by atoms with van der Waals surface area (Å²) in [6, 6.07) is 18.5. The third-order valence-corrected chi connectivity index (χ3v) is 4.10. The van der Waals surface area contributed by atoms with Crippen molar-refractivity contribution in [2.24, 2.45) is 0 Å². The van der Waals surface area contributed by atoms with Crippen LogP contribution in [0.1, 0.15) is 61.5 Å². The van der Waals surface area contributed by atoms with Gasteiger partial charge in [0.05, 0.1) is 0 Å². The van der Waals surface area contributed by atoms with Crippen molar-refractivity contribution in [1.82, 2.24) is 5.32 Å². The quantitative estimate of drug-likeness (QED) is 0.751. The van der Waals surface area contributed by atoms with Gasteiger partial charge in [0.2, 0.25) is 0 Å². The molecule has 0 aliphatic carbocycles. The standard InChI is InChI=1S/C20H27N/c1-5-6-18-9-13-20(14-10-18)17(4)21-16(3)19-11-7-15(2)8-12-19/h7-14,16-17,21H,5-6H2,1-4H3/t16-,17?/m1/s1. The molecular weight excluding hydrogens is 254 g/mol. The van der Waals surface area contributed by atoms with Gasteiger partial charge >= 0.3 is 0 Å². The van der Waals surface area contributed by atoms with E-state index in [9.17, 15) is 0 Å². The topological polar surface area (TPSA) is 12.0 Å². The molecule has 0 radical (unpaired) electrons. The van der Waals surface area contributed by atoms with Gasteiger partial charge in [0.1, 0.15) is 0 Å². The van der Waals surface area contributed by atoms with E-state index >= 15 is 0 Å². The molecule has 0 aliphatic heterocycles. The Hall–Kier alpha value is -1.60. The summed E-state index contributed by atoms with van der Waals surface area (Å²) in [7, 11) is 0. The van der Waals surface area contributed by atoms with Crippen LogP contribution in [0.3, 0.4) is 0 Å². The summed E-state index contributed by atoms with van der Waals surface area (Å²) in [5.74, 6) is 0. The third-order valence-electron chi connectivity index (χ3n) is 4.10. The van der Waals surface area contributed by atoms with Gasteiger partial charge in [0, 0.05) is 12.1 Å². The van der Waals surface area contributed by atoms with Crippen LogP contribution in [0.25, 0.3) is 0 Å². The van der Waals surface area contributed by atoms with Crippen molar-refractivity contribution >= 4 is 0 Å². The lowest BCUT2D eigenvalue weighted by Gasteiger charge is -2.21. The fraction of sp³-hybridized carbons (Fsp3) is 0.400. The zero-order valence-electron chi connectivity index (χ0n) is 13.7. The maximum atomic E-state index is 3.68. The van der Waals surface area contributed by atoms with Gasteiger partial charge in [-0.3, -0.25) is 0 Å². The molecule has 0 aliphatic rings.